The molecule has 1 aliphatic heterocycles. The van der Waals surface area contributed by atoms with E-state index in [0.29, 0.717) is 23.2 Å². The van der Waals surface area contributed by atoms with Gasteiger partial charge < -0.3 is 5.11 Å². The van der Waals surface area contributed by atoms with Crippen LogP contribution >= 0.6 is 11.2 Å². The lowest BCUT2D eigenvalue weighted by molar-refractivity contribution is 0.202. The number of nitrogens with zero attached hydrogens (tertiary/aromatic N) is 1. The van der Waals surface area contributed by atoms with Gasteiger partial charge in [0.05, 0.1) is 5.69 Å². The highest BCUT2D eigenvalue weighted by Gasteiger charge is 2.44. The van der Waals surface area contributed by atoms with E-state index in [1.54, 1.807) is 0 Å². The van der Waals surface area contributed by atoms with Gasteiger partial charge in [-0.2, -0.15) is 0 Å². The lowest BCUT2D eigenvalue weighted by atomic mass is 9.96. The molecule has 1 atom stereocenters. The number of hydrogen-bond acceptors (Lipinski definition) is 2. The molecule has 0 fully saturated rings. The molecule has 152 valence electrons. The van der Waals surface area contributed by atoms with E-state index in [2.05, 4.69) is 83.9 Å². The van der Waals surface area contributed by atoms with Crippen molar-refractivity contribution in [2.75, 3.05) is 11.4 Å². The number of anilines is 1. The van der Waals surface area contributed by atoms with Crippen molar-refractivity contribution in [1.82, 2.24) is 0 Å². The molecular weight excluding hydrogens is 382 g/mol. The van der Waals surface area contributed by atoms with Gasteiger partial charge in [0, 0.05) is 17.4 Å². The van der Waals surface area contributed by atoms with Gasteiger partial charge in [-0.15, -0.1) is 11.2 Å². The first kappa shape index (κ1) is 21.3. The number of benzene rings is 2. The molecule has 0 radical (unpaired) electrons. The molecular formula is C23H33NO2SSi. The monoisotopic (exact) mass is 415 g/mol. The Bertz CT molecular complexity index is 872. The van der Waals surface area contributed by atoms with Gasteiger partial charge in [-0.1, -0.05) is 66.7 Å². The standard InChI is InChI=1S/C23H33NO2SSi/c1-14(2)28(15(3)4,16(5)6)27-21-10-8-9-19-18(21)11-12-20-22(19)17(7)13-24(20)23(25)26/h8-12,14-17H,13H2,1-7H3,(H,25,26). The number of hydrogen-bond donors (Lipinski definition) is 1. The molecule has 5 heteroatoms. The summed E-state index contributed by atoms with van der Waals surface area (Å²) in [6.45, 7) is 17.1. The number of carbonyl (C=O) groups is 1. The van der Waals surface area contributed by atoms with Crippen LogP contribution in [0.1, 0.15) is 59.9 Å². The maximum Gasteiger partial charge on any atom is 0.411 e. The average molecular weight is 416 g/mol. The van der Waals surface area contributed by atoms with Crippen molar-refractivity contribution in [3.8, 4) is 0 Å². The third-order valence-corrected chi connectivity index (χ3v) is 18.8. The first-order chi connectivity index (χ1) is 13.1. The van der Waals surface area contributed by atoms with Gasteiger partial charge in [0.15, 0.2) is 0 Å². The minimum absolute atomic E-state index is 0.220. The van der Waals surface area contributed by atoms with Crippen LogP contribution in [0.5, 0.6) is 0 Å². The van der Waals surface area contributed by atoms with E-state index in [1.807, 2.05) is 6.07 Å². The zero-order chi connectivity index (χ0) is 20.8. The fourth-order valence-corrected chi connectivity index (χ4v) is 14.7. The predicted molar refractivity (Wildman–Crippen MR) is 125 cm³/mol. The second-order valence-electron chi connectivity index (χ2n) is 9.06. The van der Waals surface area contributed by atoms with E-state index < -0.39 is 13.3 Å². The molecule has 1 aliphatic rings. The smallest absolute Gasteiger partial charge is 0.411 e. The summed E-state index contributed by atoms with van der Waals surface area (Å²) >= 11 is 2.15. The molecule has 1 N–H and O–H groups in total. The van der Waals surface area contributed by atoms with Crippen LogP contribution in [0, 0.1) is 0 Å². The second kappa shape index (κ2) is 7.75. The fourth-order valence-electron chi connectivity index (χ4n) is 5.37. The summed E-state index contributed by atoms with van der Waals surface area (Å²) in [5.41, 5.74) is 4.10. The zero-order valence-corrected chi connectivity index (χ0v) is 19.9. The van der Waals surface area contributed by atoms with Gasteiger partial charge in [-0.05, 0) is 45.1 Å². The summed E-state index contributed by atoms with van der Waals surface area (Å²) < 4.78 is 0. The lowest BCUT2D eigenvalue weighted by Crippen LogP contribution is -2.41. The Morgan fingerprint density at radius 3 is 2.18 bits per heavy atom. The quantitative estimate of drug-likeness (QED) is 0.508. The van der Waals surface area contributed by atoms with Crippen LogP contribution in [0.25, 0.3) is 10.8 Å². The topological polar surface area (TPSA) is 40.5 Å². The summed E-state index contributed by atoms with van der Waals surface area (Å²) in [6, 6.07) is 10.8. The van der Waals surface area contributed by atoms with Gasteiger partial charge in [-0.25, -0.2) is 4.79 Å². The molecule has 0 saturated carbocycles. The van der Waals surface area contributed by atoms with Gasteiger partial charge in [0.1, 0.15) is 7.22 Å². The maximum absolute atomic E-state index is 11.7. The van der Waals surface area contributed by atoms with E-state index in [1.165, 1.54) is 26.1 Å². The minimum atomic E-state index is -1.65. The molecule has 3 rings (SSSR count). The lowest BCUT2D eigenvalue weighted by Gasteiger charge is -2.42. The Labute approximate surface area is 174 Å². The highest BCUT2D eigenvalue weighted by molar-refractivity contribution is 8.29. The number of fused-ring (bicyclic) bond motifs is 3. The van der Waals surface area contributed by atoms with Crippen molar-refractivity contribution in [2.24, 2.45) is 0 Å². The number of carboxylic acid groups (broad SMARTS) is 1. The minimum Gasteiger partial charge on any atom is -0.465 e. The van der Waals surface area contributed by atoms with Gasteiger partial charge in [0.2, 0.25) is 0 Å². The molecule has 1 unspecified atom stereocenters. The van der Waals surface area contributed by atoms with Crippen LogP contribution in [0.2, 0.25) is 16.6 Å². The first-order valence-electron chi connectivity index (χ1n) is 10.4. The molecule has 2 aromatic rings. The van der Waals surface area contributed by atoms with Crippen LogP contribution in [0.4, 0.5) is 10.5 Å². The molecule has 3 nitrogen and oxygen atoms in total. The molecule has 2 aromatic carbocycles. The third-order valence-electron chi connectivity index (χ3n) is 6.50. The number of amides is 1. The summed E-state index contributed by atoms with van der Waals surface area (Å²) in [6.07, 6.45) is -0.860. The molecule has 0 saturated heterocycles. The SMILES string of the molecule is CC1CN(C(=O)O)c2ccc3c(S[Si](C(C)C)(C(C)C)C(C)C)cccc3c21. The normalized spacial score (nSPS) is 17.2. The Kier molecular flexibility index (Phi) is 5.88. The molecule has 28 heavy (non-hydrogen) atoms. The largest absolute Gasteiger partial charge is 0.465 e. The summed E-state index contributed by atoms with van der Waals surface area (Å²) in [4.78, 5) is 14.5. The van der Waals surface area contributed by atoms with Crippen LogP contribution in [0.3, 0.4) is 0 Å². The Morgan fingerprint density at radius 2 is 1.64 bits per heavy atom. The van der Waals surface area contributed by atoms with Crippen LogP contribution < -0.4 is 4.90 Å². The van der Waals surface area contributed by atoms with Crippen molar-refractivity contribution >= 4 is 41.0 Å². The fraction of sp³-hybridized carbons (Fsp3) is 0.522. The van der Waals surface area contributed by atoms with Crippen molar-refractivity contribution in [1.29, 1.82) is 0 Å². The average Bonchev–Trinajstić information content (AvgIpc) is 2.96. The second-order valence-corrected chi connectivity index (χ2v) is 17.6. The Hall–Kier alpha value is -1.46. The van der Waals surface area contributed by atoms with Crippen LogP contribution in [-0.2, 0) is 0 Å². The maximum atomic E-state index is 11.7. The molecule has 0 aliphatic carbocycles. The van der Waals surface area contributed by atoms with Crippen molar-refractivity contribution in [3.05, 3.63) is 35.9 Å². The van der Waals surface area contributed by atoms with E-state index in [9.17, 15) is 9.90 Å². The summed E-state index contributed by atoms with van der Waals surface area (Å²) in [5, 5.41) is 12.1. The van der Waals surface area contributed by atoms with Crippen LogP contribution in [0.15, 0.2) is 35.2 Å². The van der Waals surface area contributed by atoms with Crippen molar-refractivity contribution < 1.29 is 9.90 Å². The van der Waals surface area contributed by atoms with Gasteiger partial charge >= 0.3 is 6.09 Å². The summed E-state index contributed by atoms with van der Waals surface area (Å²) in [7, 11) is -1.65. The highest BCUT2D eigenvalue weighted by Crippen LogP contribution is 2.53. The summed E-state index contributed by atoms with van der Waals surface area (Å²) in [5.74, 6) is 0.220. The van der Waals surface area contributed by atoms with E-state index in [-0.39, 0.29) is 5.92 Å². The number of rotatable bonds is 5. The molecule has 0 bridgehead atoms. The van der Waals surface area contributed by atoms with Gasteiger partial charge in [-0.3, -0.25) is 4.90 Å². The third kappa shape index (κ3) is 3.26. The molecule has 0 spiro atoms. The Balaban J connectivity index is 2.17. The van der Waals surface area contributed by atoms with E-state index >= 15 is 0 Å². The van der Waals surface area contributed by atoms with E-state index in [0.717, 1.165) is 5.69 Å². The molecule has 1 heterocycles. The Morgan fingerprint density at radius 1 is 1.04 bits per heavy atom. The van der Waals surface area contributed by atoms with Crippen molar-refractivity contribution in [3.63, 3.8) is 0 Å². The molecule has 0 aromatic heterocycles. The molecule has 1 amide bonds. The highest BCUT2D eigenvalue weighted by atomic mass is 32.4. The first-order valence-corrected chi connectivity index (χ1v) is 14.1. The predicted octanol–water partition coefficient (Wildman–Crippen LogP) is 7.71. The van der Waals surface area contributed by atoms with E-state index in [4.69, 9.17) is 0 Å². The van der Waals surface area contributed by atoms with Crippen LogP contribution in [-0.4, -0.2) is 25.0 Å². The van der Waals surface area contributed by atoms with Crippen molar-refractivity contribution in [2.45, 2.75) is 75.9 Å². The van der Waals surface area contributed by atoms with Gasteiger partial charge in [0.25, 0.3) is 0 Å². The zero-order valence-electron chi connectivity index (χ0n) is 18.1.